The molecule has 1 unspecified atom stereocenters. The van der Waals surface area contributed by atoms with Crippen molar-refractivity contribution in [3.8, 4) is 0 Å². The van der Waals surface area contributed by atoms with E-state index in [9.17, 15) is 0 Å². The summed E-state index contributed by atoms with van der Waals surface area (Å²) >= 11 is 0. The number of rotatable bonds is 3. The summed E-state index contributed by atoms with van der Waals surface area (Å²) in [6.45, 7) is 6.64. The Bertz CT molecular complexity index is 389. The van der Waals surface area contributed by atoms with Crippen molar-refractivity contribution in [2.24, 2.45) is 11.1 Å². The summed E-state index contributed by atoms with van der Waals surface area (Å²) in [5.41, 5.74) is 11.0. The Kier molecular flexibility index (Phi) is 3.58. The van der Waals surface area contributed by atoms with Gasteiger partial charge in [-0.05, 0) is 55.2 Å². The molecular formula is C16H25N. The SMILES string of the molecule is CCC1(C(N)c2ccc(C)c(C)c2)CCCC1. The van der Waals surface area contributed by atoms with E-state index in [-0.39, 0.29) is 6.04 Å². The second kappa shape index (κ2) is 4.81. The summed E-state index contributed by atoms with van der Waals surface area (Å²) in [6.07, 6.45) is 6.52. The van der Waals surface area contributed by atoms with Crippen molar-refractivity contribution in [3.63, 3.8) is 0 Å². The molecule has 0 radical (unpaired) electrons. The molecule has 1 aromatic carbocycles. The van der Waals surface area contributed by atoms with Gasteiger partial charge in [0.1, 0.15) is 0 Å². The molecule has 2 rings (SSSR count). The van der Waals surface area contributed by atoms with E-state index >= 15 is 0 Å². The lowest BCUT2D eigenvalue weighted by molar-refractivity contribution is 0.222. The monoisotopic (exact) mass is 231 g/mol. The van der Waals surface area contributed by atoms with Crippen LogP contribution in [0.5, 0.6) is 0 Å². The zero-order valence-electron chi connectivity index (χ0n) is 11.4. The second-order valence-electron chi connectivity index (χ2n) is 5.74. The standard InChI is InChI=1S/C16H25N/c1-4-16(9-5-6-10-16)15(17)14-8-7-12(2)13(3)11-14/h7-8,11,15H,4-6,9-10,17H2,1-3H3. The number of hydrogen-bond acceptors (Lipinski definition) is 1. The molecule has 0 aromatic heterocycles. The number of nitrogens with two attached hydrogens (primary N) is 1. The van der Waals surface area contributed by atoms with Crippen LogP contribution >= 0.6 is 0 Å². The summed E-state index contributed by atoms with van der Waals surface area (Å²) < 4.78 is 0. The zero-order valence-corrected chi connectivity index (χ0v) is 11.4. The van der Waals surface area contributed by atoms with E-state index in [1.165, 1.54) is 48.8 Å². The molecule has 1 heteroatoms. The summed E-state index contributed by atoms with van der Waals surface area (Å²) in [5.74, 6) is 0. The van der Waals surface area contributed by atoms with Gasteiger partial charge in [-0.1, -0.05) is 38.0 Å². The van der Waals surface area contributed by atoms with E-state index in [0.717, 1.165) is 0 Å². The minimum absolute atomic E-state index is 0.217. The molecule has 0 bridgehead atoms. The van der Waals surface area contributed by atoms with Crippen molar-refractivity contribution in [2.75, 3.05) is 0 Å². The molecule has 1 aromatic rings. The maximum atomic E-state index is 6.56. The fourth-order valence-corrected chi connectivity index (χ4v) is 3.28. The van der Waals surface area contributed by atoms with E-state index in [2.05, 4.69) is 39.0 Å². The van der Waals surface area contributed by atoms with Gasteiger partial charge < -0.3 is 5.73 Å². The van der Waals surface area contributed by atoms with E-state index in [4.69, 9.17) is 5.73 Å². The molecule has 0 amide bonds. The third kappa shape index (κ3) is 2.26. The van der Waals surface area contributed by atoms with Crippen LogP contribution in [-0.4, -0.2) is 0 Å². The highest BCUT2D eigenvalue weighted by Crippen LogP contribution is 2.48. The first-order chi connectivity index (χ1) is 8.09. The van der Waals surface area contributed by atoms with Crippen LogP contribution in [0.4, 0.5) is 0 Å². The summed E-state index contributed by atoms with van der Waals surface area (Å²) in [4.78, 5) is 0. The molecule has 1 fully saturated rings. The third-order valence-electron chi connectivity index (χ3n) is 4.85. The Hall–Kier alpha value is -0.820. The fraction of sp³-hybridized carbons (Fsp3) is 0.625. The molecule has 1 atom stereocenters. The first-order valence-electron chi connectivity index (χ1n) is 6.92. The first-order valence-corrected chi connectivity index (χ1v) is 6.92. The maximum Gasteiger partial charge on any atom is 0.0352 e. The van der Waals surface area contributed by atoms with Crippen LogP contribution in [0.25, 0.3) is 0 Å². The van der Waals surface area contributed by atoms with Gasteiger partial charge in [-0.25, -0.2) is 0 Å². The maximum absolute atomic E-state index is 6.56. The second-order valence-corrected chi connectivity index (χ2v) is 5.74. The van der Waals surface area contributed by atoms with Crippen LogP contribution in [0, 0.1) is 19.3 Å². The normalized spacial score (nSPS) is 20.5. The highest BCUT2D eigenvalue weighted by Gasteiger charge is 2.38. The quantitative estimate of drug-likeness (QED) is 0.826. The van der Waals surface area contributed by atoms with Gasteiger partial charge in [-0.15, -0.1) is 0 Å². The summed E-state index contributed by atoms with van der Waals surface area (Å²) in [7, 11) is 0. The lowest BCUT2D eigenvalue weighted by Gasteiger charge is -2.35. The molecule has 94 valence electrons. The van der Waals surface area contributed by atoms with Gasteiger partial charge in [0.25, 0.3) is 0 Å². The van der Waals surface area contributed by atoms with Crippen LogP contribution in [0.15, 0.2) is 18.2 Å². The van der Waals surface area contributed by atoms with Gasteiger partial charge in [0.2, 0.25) is 0 Å². The molecule has 1 saturated carbocycles. The Morgan fingerprint density at radius 3 is 2.35 bits per heavy atom. The average molecular weight is 231 g/mol. The minimum atomic E-state index is 0.217. The Morgan fingerprint density at radius 2 is 1.82 bits per heavy atom. The topological polar surface area (TPSA) is 26.0 Å². The molecule has 2 N–H and O–H groups in total. The Morgan fingerprint density at radius 1 is 1.18 bits per heavy atom. The predicted molar refractivity (Wildman–Crippen MR) is 74.0 cm³/mol. The van der Waals surface area contributed by atoms with Crippen molar-refractivity contribution in [2.45, 2.75) is 58.9 Å². The minimum Gasteiger partial charge on any atom is -0.323 e. The molecule has 0 saturated heterocycles. The van der Waals surface area contributed by atoms with Crippen LogP contribution in [0.3, 0.4) is 0 Å². The highest BCUT2D eigenvalue weighted by molar-refractivity contribution is 5.32. The van der Waals surface area contributed by atoms with Gasteiger partial charge in [0, 0.05) is 6.04 Å². The van der Waals surface area contributed by atoms with Crippen LogP contribution in [-0.2, 0) is 0 Å². The molecule has 0 spiro atoms. The lowest BCUT2D eigenvalue weighted by Crippen LogP contribution is -2.31. The lowest BCUT2D eigenvalue weighted by atomic mass is 9.73. The number of benzene rings is 1. The van der Waals surface area contributed by atoms with Crippen molar-refractivity contribution in [1.82, 2.24) is 0 Å². The van der Waals surface area contributed by atoms with Crippen molar-refractivity contribution in [3.05, 3.63) is 34.9 Å². The van der Waals surface area contributed by atoms with E-state index < -0.39 is 0 Å². The molecule has 17 heavy (non-hydrogen) atoms. The van der Waals surface area contributed by atoms with Crippen LogP contribution in [0.1, 0.15) is 61.8 Å². The van der Waals surface area contributed by atoms with Gasteiger partial charge in [0.15, 0.2) is 0 Å². The van der Waals surface area contributed by atoms with Crippen molar-refractivity contribution in [1.29, 1.82) is 0 Å². The Balaban J connectivity index is 2.29. The van der Waals surface area contributed by atoms with Gasteiger partial charge in [-0.3, -0.25) is 0 Å². The van der Waals surface area contributed by atoms with Crippen LogP contribution in [0.2, 0.25) is 0 Å². The first kappa shape index (κ1) is 12.6. The van der Waals surface area contributed by atoms with Gasteiger partial charge in [0.05, 0.1) is 0 Å². The summed E-state index contributed by atoms with van der Waals surface area (Å²) in [5, 5.41) is 0. The van der Waals surface area contributed by atoms with E-state index in [1.807, 2.05) is 0 Å². The van der Waals surface area contributed by atoms with E-state index in [0.29, 0.717) is 5.41 Å². The van der Waals surface area contributed by atoms with Crippen LogP contribution < -0.4 is 5.73 Å². The zero-order chi connectivity index (χ0) is 12.5. The third-order valence-corrected chi connectivity index (χ3v) is 4.85. The molecule has 1 nitrogen and oxygen atoms in total. The number of aryl methyl sites for hydroxylation is 2. The highest BCUT2D eigenvalue weighted by atomic mass is 14.7. The van der Waals surface area contributed by atoms with Crippen molar-refractivity contribution >= 4 is 0 Å². The summed E-state index contributed by atoms with van der Waals surface area (Å²) in [6, 6.07) is 6.94. The smallest absolute Gasteiger partial charge is 0.0352 e. The molecule has 0 heterocycles. The van der Waals surface area contributed by atoms with Gasteiger partial charge >= 0.3 is 0 Å². The number of hydrogen-bond donors (Lipinski definition) is 1. The van der Waals surface area contributed by atoms with Gasteiger partial charge in [-0.2, -0.15) is 0 Å². The molecule has 0 aliphatic heterocycles. The average Bonchev–Trinajstić information content (AvgIpc) is 2.81. The Labute approximate surface area is 105 Å². The van der Waals surface area contributed by atoms with E-state index in [1.54, 1.807) is 0 Å². The molecular weight excluding hydrogens is 206 g/mol. The predicted octanol–water partition coefficient (Wildman–Crippen LogP) is 4.27. The largest absolute Gasteiger partial charge is 0.323 e. The molecule has 1 aliphatic rings. The fourth-order valence-electron chi connectivity index (χ4n) is 3.28. The van der Waals surface area contributed by atoms with Crippen molar-refractivity contribution < 1.29 is 0 Å². The molecule has 1 aliphatic carbocycles.